The van der Waals surface area contributed by atoms with Gasteiger partial charge in [-0.25, -0.2) is 0 Å². The molecule has 15 heavy (non-hydrogen) atoms. The third kappa shape index (κ3) is 5.74. The van der Waals surface area contributed by atoms with Crippen LogP contribution >= 0.6 is 0 Å². The van der Waals surface area contributed by atoms with Crippen molar-refractivity contribution >= 4 is 5.91 Å². The number of carbonyl (C=O) groups excluding carboxylic acids is 1. The van der Waals surface area contributed by atoms with Crippen LogP contribution in [0.15, 0.2) is 0 Å². The highest BCUT2D eigenvalue weighted by atomic mass is 16.5. The van der Waals surface area contributed by atoms with Crippen LogP contribution < -0.4 is 10.6 Å². The molecule has 0 radical (unpaired) electrons. The Morgan fingerprint density at radius 2 is 2.27 bits per heavy atom. The van der Waals surface area contributed by atoms with E-state index in [4.69, 9.17) is 4.74 Å². The topological polar surface area (TPSA) is 50.4 Å². The maximum atomic E-state index is 10.9. The predicted molar refractivity (Wildman–Crippen MR) is 59.7 cm³/mol. The molecule has 1 amide bonds. The molecule has 1 fully saturated rings. The van der Waals surface area contributed by atoms with Crippen LogP contribution in [-0.2, 0) is 9.53 Å². The molecule has 0 saturated carbocycles. The van der Waals surface area contributed by atoms with Crippen molar-refractivity contribution in [2.75, 3.05) is 19.7 Å². The van der Waals surface area contributed by atoms with Crippen LogP contribution in [0.2, 0.25) is 0 Å². The van der Waals surface area contributed by atoms with E-state index >= 15 is 0 Å². The third-order valence-corrected chi connectivity index (χ3v) is 2.34. The minimum Gasteiger partial charge on any atom is -0.375 e. The second-order valence-corrected chi connectivity index (χ2v) is 4.95. The molecule has 0 aromatic carbocycles. The quantitative estimate of drug-likeness (QED) is 0.676. The lowest BCUT2D eigenvalue weighted by molar-refractivity contribution is -0.122. The van der Waals surface area contributed by atoms with E-state index in [0.717, 1.165) is 19.5 Å². The Bertz CT molecular complexity index is 201. The Morgan fingerprint density at radius 3 is 2.80 bits per heavy atom. The van der Waals surface area contributed by atoms with Gasteiger partial charge in [-0.2, -0.15) is 0 Å². The molecule has 1 aliphatic heterocycles. The van der Waals surface area contributed by atoms with E-state index in [9.17, 15) is 4.79 Å². The minimum absolute atomic E-state index is 0.0670. The zero-order chi connectivity index (χ0) is 11.3. The third-order valence-electron chi connectivity index (χ3n) is 2.34. The summed E-state index contributed by atoms with van der Waals surface area (Å²) in [6.07, 6.45) is 1.57. The van der Waals surface area contributed by atoms with Gasteiger partial charge in [-0.05, 0) is 27.2 Å². The lowest BCUT2D eigenvalue weighted by atomic mass is 10.1. The summed E-state index contributed by atoms with van der Waals surface area (Å²) in [6.45, 7) is 8.45. The molecule has 88 valence electrons. The van der Waals surface area contributed by atoms with Gasteiger partial charge in [0, 0.05) is 25.6 Å². The maximum absolute atomic E-state index is 10.9. The summed E-state index contributed by atoms with van der Waals surface area (Å²) in [5, 5.41) is 6.22. The van der Waals surface area contributed by atoms with Crippen molar-refractivity contribution in [1.82, 2.24) is 10.6 Å². The molecule has 0 aromatic heterocycles. The molecule has 1 rings (SSSR count). The molecule has 2 N–H and O–H groups in total. The second kappa shape index (κ2) is 5.47. The molecule has 1 aliphatic rings. The predicted octanol–water partition coefficient (Wildman–Crippen LogP) is 0.670. The van der Waals surface area contributed by atoms with Crippen molar-refractivity contribution in [1.29, 1.82) is 0 Å². The Labute approximate surface area is 91.8 Å². The summed E-state index contributed by atoms with van der Waals surface area (Å²) in [7, 11) is 0. The molecule has 0 aliphatic carbocycles. The van der Waals surface area contributed by atoms with Crippen LogP contribution in [0.1, 0.15) is 33.6 Å². The van der Waals surface area contributed by atoms with Crippen molar-refractivity contribution in [3.05, 3.63) is 0 Å². The fraction of sp³-hybridized carbons (Fsp3) is 0.909. The number of rotatable bonds is 4. The summed E-state index contributed by atoms with van der Waals surface area (Å²) >= 11 is 0. The Kier molecular flexibility index (Phi) is 4.54. The molecule has 1 unspecified atom stereocenters. The molecule has 1 heterocycles. The number of nitrogens with one attached hydrogen (secondary N) is 2. The van der Waals surface area contributed by atoms with E-state index in [1.165, 1.54) is 0 Å². The van der Waals surface area contributed by atoms with E-state index in [1.54, 1.807) is 0 Å². The SMILES string of the molecule is CC(C)(C)OCCNC1CCC(=O)NC1. The largest absolute Gasteiger partial charge is 0.375 e. The average molecular weight is 214 g/mol. The number of hydrogen-bond donors (Lipinski definition) is 2. The summed E-state index contributed by atoms with van der Waals surface area (Å²) < 4.78 is 5.59. The van der Waals surface area contributed by atoms with Crippen molar-refractivity contribution in [2.45, 2.75) is 45.3 Å². The molecule has 1 saturated heterocycles. The molecule has 0 bridgehead atoms. The van der Waals surface area contributed by atoms with Gasteiger partial charge in [0.1, 0.15) is 0 Å². The van der Waals surface area contributed by atoms with Crippen molar-refractivity contribution < 1.29 is 9.53 Å². The van der Waals surface area contributed by atoms with Gasteiger partial charge in [-0.15, -0.1) is 0 Å². The zero-order valence-electron chi connectivity index (χ0n) is 9.93. The molecule has 1 atom stereocenters. The van der Waals surface area contributed by atoms with Crippen molar-refractivity contribution in [3.63, 3.8) is 0 Å². The number of amides is 1. The van der Waals surface area contributed by atoms with Gasteiger partial charge in [0.2, 0.25) is 5.91 Å². The summed E-state index contributed by atoms with van der Waals surface area (Å²) in [6, 6.07) is 0.409. The smallest absolute Gasteiger partial charge is 0.220 e. The number of hydrogen-bond acceptors (Lipinski definition) is 3. The van der Waals surface area contributed by atoms with E-state index in [1.807, 2.05) is 20.8 Å². The summed E-state index contributed by atoms with van der Waals surface area (Å²) in [4.78, 5) is 10.9. The van der Waals surface area contributed by atoms with Crippen LogP contribution in [0.5, 0.6) is 0 Å². The van der Waals surface area contributed by atoms with Gasteiger partial charge >= 0.3 is 0 Å². The second-order valence-electron chi connectivity index (χ2n) is 4.95. The van der Waals surface area contributed by atoms with Gasteiger partial charge in [0.05, 0.1) is 12.2 Å². The summed E-state index contributed by atoms with van der Waals surface area (Å²) in [5.41, 5.74) is -0.0670. The number of ether oxygens (including phenoxy) is 1. The fourth-order valence-electron chi connectivity index (χ4n) is 1.53. The molecular weight excluding hydrogens is 192 g/mol. The van der Waals surface area contributed by atoms with E-state index in [2.05, 4.69) is 10.6 Å². The Morgan fingerprint density at radius 1 is 1.53 bits per heavy atom. The Hall–Kier alpha value is -0.610. The lowest BCUT2D eigenvalue weighted by Crippen LogP contribution is -2.46. The van der Waals surface area contributed by atoms with E-state index in [0.29, 0.717) is 19.1 Å². The minimum atomic E-state index is -0.0670. The standard InChI is InChI=1S/C11H22N2O2/c1-11(2,3)15-7-6-12-9-4-5-10(14)13-8-9/h9,12H,4-8H2,1-3H3,(H,13,14). The van der Waals surface area contributed by atoms with Crippen LogP contribution in [0.25, 0.3) is 0 Å². The van der Waals surface area contributed by atoms with E-state index < -0.39 is 0 Å². The highest BCUT2D eigenvalue weighted by molar-refractivity contribution is 5.76. The molecule has 4 heteroatoms. The van der Waals surface area contributed by atoms with Crippen molar-refractivity contribution in [3.8, 4) is 0 Å². The first-order valence-electron chi connectivity index (χ1n) is 5.61. The first-order valence-corrected chi connectivity index (χ1v) is 5.61. The average Bonchev–Trinajstić information content (AvgIpc) is 2.14. The van der Waals surface area contributed by atoms with Gasteiger partial charge in [0.15, 0.2) is 0 Å². The van der Waals surface area contributed by atoms with Crippen LogP contribution in [-0.4, -0.2) is 37.2 Å². The van der Waals surface area contributed by atoms with E-state index in [-0.39, 0.29) is 11.5 Å². The lowest BCUT2D eigenvalue weighted by Gasteiger charge is -2.25. The first kappa shape index (κ1) is 12.5. The van der Waals surface area contributed by atoms with Gasteiger partial charge < -0.3 is 15.4 Å². The van der Waals surface area contributed by atoms with Crippen LogP contribution in [0, 0.1) is 0 Å². The van der Waals surface area contributed by atoms with Crippen LogP contribution in [0.3, 0.4) is 0 Å². The highest BCUT2D eigenvalue weighted by Gasteiger charge is 2.17. The molecule has 0 aromatic rings. The van der Waals surface area contributed by atoms with Gasteiger partial charge in [-0.1, -0.05) is 0 Å². The number of piperidine rings is 1. The van der Waals surface area contributed by atoms with Gasteiger partial charge in [0.25, 0.3) is 0 Å². The van der Waals surface area contributed by atoms with Crippen LogP contribution in [0.4, 0.5) is 0 Å². The number of carbonyl (C=O) groups is 1. The molecule has 4 nitrogen and oxygen atoms in total. The normalized spacial score (nSPS) is 22.6. The fourth-order valence-corrected chi connectivity index (χ4v) is 1.53. The van der Waals surface area contributed by atoms with Crippen molar-refractivity contribution in [2.24, 2.45) is 0 Å². The molecule has 0 spiro atoms. The Balaban J connectivity index is 2.03. The van der Waals surface area contributed by atoms with Gasteiger partial charge in [-0.3, -0.25) is 4.79 Å². The zero-order valence-corrected chi connectivity index (χ0v) is 9.93. The monoisotopic (exact) mass is 214 g/mol. The molecular formula is C11H22N2O2. The highest BCUT2D eigenvalue weighted by Crippen LogP contribution is 2.06. The maximum Gasteiger partial charge on any atom is 0.220 e. The first-order chi connectivity index (χ1) is 6.97. The summed E-state index contributed by atoms with van der Waals surface area (Å²) in [5.74, 6) is 0.166.